The highest BCUT2D eigenvalue weighted by Gasteiger charge is 2.28. The molecule has 5 heteroatoms. The Kier molecular flexibility index (Phi) is 2.61. The number of hydrogen-bond acceptors (Lipinski definition) is 3. The minimum Gasteiger partial charge on any atom is -0.478 e. The molecular weight excluding hydrogens is 216 g/mol. The van der Waals surface area contributed by atoms with Crippen LogP contribution in [0.15, 0.2) is 0 Å². The normalized spacial score (nSPS) is 16.1. The average molecular weight is 227 g/mol. The lowest BCUT2D eigenvalue weighted by atomic mass is 9.81. The van der Waals surface area contributed by atoms with Gasteiger partial charge in [-0.05, 0) is 19.8 Å². The third kappa shape index (κ3) is 1.81. The van der Waals surface area contributed by atoms with Gasteiger partial charge in [-0.3, -0.25) is 0 Å². The maximum absolute atomic E-state index is 11.0. The molecule has 1 aliphatic rings. The van der Waals surface area contributed by atoms with Crippen LogP contribution in [0.5, 0.6) is 0 Å². The first-order valence-electron chi connectivity index (χ1n) is 4.87. The van der Waals surface area contributed by atoms with Crippen molar-refractivity contribution in [3.63, 3.8) is 0 Å². The lowest BCUT2D eigenvalue weighted by Crippen LogP contribution is -2.17. The van der Waals surface area contributed by atoms with E-state index in [9.17, 15) is 4.79 Å². The molecular formula is C10H11ClN2O2. The van der Waals surface area contributed by atoms with Crippen molar-refractivity contribution in [1.82, 2.24) is 9.97 Å². The summed E-state index contributed by atoms with van der Waals surface area (Å²) in [5.41, 5.74) is 0.679. The van der Waals surface area contributed by atoms with E-state index < -0.39 is 5.97 Å². The summed E-state index contributed by atoms with van der Waals surface area (Å²) in [4.78, 5) is 19.1. The van der Waals surface area contributed by atoms with Crippen molar-refractivity contribution in [2.45, 2.75) is 32.1 Å². The van der Waals surface area contributed by atoms with Crippen molar-refractivity contribution in [2.24, 2.45) is 0 Å². The Balaban J connectivity index is 2.53. The molecule has 80 valence electrons. The molecule has 2 rings (SSSR count). The van der Waals surface area contributed by atoms with Gasteiger partial charge >= 0.3 is 5.97 Å². The van der Waals surface area contributed by atoms with Crippen molar-refractivity contribution in [3.8, 4) is 0 Å². The van der Waals surface area contributed by atoms with Crippen molar-refractivity contribution >= 4 is 17.6 Å². The van der Waals surface area contributed by atoms with E-state index in [1.165, 1.54) is 0 Å². The molecule has 1 aliphatic carbocycles. The van der Waals surface area contributed by atoms with E-state index in [0.29, 0.717) is 11.5 Å². The number of aromatic nitrogens is 2. The summed E-state index contributed by atoms with van der Waals surface area (Å²) in [7, 11) is 0. The van der Waals surface area contributed by atoms with Gasteiger partial charge in [0.15, 0.2) is 0 Å². The smallest absolute Gasteiger partial charge is 0.340 e. The number of carboxylic acids is 1. The molecule has 1 fully saturated rings. The fourth-order valence-electron chi connectivity index (χ4n) is 1.73. The van der Waals surface area contributed by atoms with Crippen LogP contribution >= 0.6 is 11.6 Å². The summed E-state index contributed by atoms with van der Waals surface area (Å²) < 4.78 is 0. The third-order valence-electron chi connectivity index (χ3n) is 2.71. The maximum atomic E-state index is 11.0. The van der Waals surface area contributed by atoms with Crippen molar-refractivity contribution in [1.29, 1.82) is 0 Å². The first-order valence-corrected chi connectivity index (χ1v) is 5.24. The molecule has 0 bridgehead atoms. The van der Waals surface area contributed by atoms with E-state index in [1.54, 1.807) is 6.92 Å². The van der Waals surface area contributed by atoms with Gasteiger partial charge in [0.05, 0.1) is 5.69 Å². The second kappa shape index (κ2) is 3.77. The molecule has 0 aliphatic heterocycles. The number of hydrogen-bond donors (Lipinski definition) is 1. The van der Waals surface area contributed by atoms with Crippen LogP contribution in [0.1, 0.15) is 47.1 Å². The largest absolute Gasteiger partial charge is 0.478 e. The minimum absolute atomic E-state index is 0.0527. The van der Waals surface area contributed by atoms with Gasteiger partial charge in [0.25, 0.3) is 0 Å². The summed E-state index contributed by atoms with van der Waals surface area (Å²) in [6.07, 6.45) is 3.12. The van der Waals surface area contributed by atoms with E-state index in [2.05, 4.69) is 9.97 Å². The first kappa shape index (κ1) is 10.4. The molecule has 0 radical (unpaired) electrons. The summed E-state index contributed by atoms with van der Waals surface area (Å²) in [5, 5.41) is 9.09. The Morgan fingerprint density at radius 1 is 1.47 bits per heavy atom. The standard InChI is InChI=1S/C10H11ClN2O2/c1-5-12-8(6-3-2-4-6)7(10(14)15)9(11)13-5/h6H,2-4H2,1H3,(H,14,15). The number of carbonyl (C=O) groups is 1. The van der Waals surface area contributed by atoms with Crippen LogP contribution in [-0.2, 0) is 0 Å². The lowest BCUT2D eigenvalue weighted by Gasteiger charge is -2.26. The zero-order chi connectivity index (χ0) is 11.0. The Morgan fingerprint density at radius 2 is 2.13 bits per heavy atom. The molecule has 0 atom stereocenters. The van der Waals surface area contributed by atoms with Gasteiger partial charge in [-0.1, -0.05) is 18.0 Å². The predicted molar refractivity (Wildman–Crippen MR) is 55.3 cm³/mol. The zero-order valence-corrected chi connectivity index (χ0v) is 9.08. The number of aryl methyl sites for hydroxylation is 1. The monoisotopic (exact) mass is 226 g/mol. The van der Waals surface area contributed by atoms with E-state index in [4.69, 9.17) is 16.7 Å². The van der Waals surface area contributed by atoms with Crippen molar-refractivity contribution in [2.75, 3.05) is 0 Å². The molecule has 1 heterocycles. The van der Waals surface area contributed by atoms with Gasteiger partial charge in [-0.2, -0.15) is 0 Å². The zero-order valence-electron chi connectivity index (χ0n) is 8.33. The van der Waals surface area contributed by atoms with Crippen LogP contribution in [0.3, 0.4) is 0 Å². The number of nitrogens with zero attached hydrogens (tertiary/aromatic N) is 2. The summed E-state index contributed by atoms with van der Waals surface area (Å²) in [5.74, 6) is -0.260. The Labute approximate surface area is 92.3 Å². The van der Waals surface area contributed by atoms with E-state index in [-0.39, 0.29) is 16.6 Å². The fraction of sp³-hybridized carbons (Fsp3) is 0.500. The third-order valence-corrected chi connectivity index (χ3v) is 2.98. The molecule has 0 spiro atoms. The second-order valence-electron chi connectivity index (χ2n) is 3.75. The van der Waals surface area contributed by atoms with Gasteiger partial charge in [-0.15, -0.1) is 0 Å². The molecule has 0 saturated heterocycles. The highest BCUT2D eigenvalue weighted by atomic mass is 35.5. The molecule has 1 saturated carbocycles. The minimum atomic E-state index is -1.04. The molecule has 0 amide bonds. The highest BCUT2D eigenvalue weighted by molar-refractivity contribution is 6.32. The number of carboxylic acid groups (broad SMARTS) is 1. The number of aromatic carboxylic acids is 1. The Bertz CT molecular complexity index is 416. The number of halogens is 1. The molecule has 1 aromatic heterocycles. The van der Waals surface area contributed by atoms with Gasteiger partial charge in [0, 0.05) is 5.92 Å². The highest BCUT2D eigenvalue weighted by Crippen LogP contribution is 2.38. The molecule has 4 nitrogen and oxygen atoms in total. The predicted octanol–water partition coefficient (Wildman–Crippen LogP) is 2.40. The van der Waals surface area contributed by atoms with Crippen LogP contribution in [-0.4, -0.2) is 21.0 Å². The Hall–Kier alpha value is -1.16. The molecule has 1 aromatic rings. The Morgan fingerprint density at radius 3 is 2.60 bits per heavy atom. The second-order valence-corrected chi connectivity index (χ2v) is 4.11. The van der Waals surface area contributed by atoms with Gasteiger partial charge in [0.2, 0.25) is 0 Å². The van der Waals surface area contributed by atoms with Crippen LogP contribution in [0.25, 0.3) is 0 Å². The molecule has 0 unspecified atom stereocenters. The van der Waals surface area contributed by atoms with Crippen LogP contribution < -0.4 is 0 Å². The van der Waals surface area contributed by atoms with Gasteiger partial charge in [0.1, 0.15) is 16.5 Å². The van der Waals surface area contributed by atoms with E-state index >= 15 is 0 Å². The average Bonchev–Trinajstić information content (AvgIpc) is 1.97. The molecule has 0 aromatic carbocycles. The van der Waals surface area contributed by atoms with E-state index in [1.807, 2.05) is 0 Å². The van der Waals surface area contributed by atoms with Crippen molar-refractivity contribution < 1.29 is 9.90 Å². The van der Waals surface area contributed by atoms with E-state index in [0.717, 1.165) is 19.3 Å². The van der Waals surface area contributed by atoms with Crippen LogP contribution in [0, 0.1) is 6.92 Å². The first-order chi connectivity index (χ1) is 7.09. The van der Waals surface area contributed by atoms with Crippen LogP contribution in [0.2, 0.25) is 5.15 Å². The van der Waals surface area contributed by atoms with Gasteiger partial charge in [-0.25, -0.2) is 14.8 Å². The maximum Gasteiger partial charge on any atom is 0.340 e. The van der Waals surface area contributed by atoms with Crippen molar-refractivity contribution in [3.05, 3.63) is 22.2 Å². The fourth-order valence-corrected chi connectivity index (χ4v) is 2.03. The van der Waals surface area contributed by atoms with Crippen LogP contribution in [0.4, 0.5) is 0 Å². The molecule has 15 heavy (non-hydrogen) atoms. The topological polar surface area (TPSA) is 63.1 Å². The van der Waals surface area contributed by atoms with Gasteiger partial charge < -0.3 is 5.11 Å². The summed E-state index contributed by atoms with van der Waals surface area (Å²) in [6, 6.07) is 0. The quantitative estimate of drug-likeness (QED) is 0.787. The summed E-state index contributed by atoms with van der Waals surface area (Å²) >= 11 is 5.82. The SMILES string of the molecule is Cc1nc(Cl)c(C(=O)O)c(C2CCC2)n1. The summed E-state index contributed by atoms with van der Waals surface area (Å²) in [6.45, 7) is 1.72. The number of rotatable bonds is 2. The lowest BCUT2D eigenvalue weighted by molar-refractivity contribution is 0.0693. The molecule has 1 N–H and O–H groups in total.